The van der Waals surface area contributed by atoms with Gasteiger partial charge < -0.3 is 0 Å². The van der Waals surface area contributed by atoms with Gasteiger partial charge >= 0.3 is 0 Å². The van der Waals surface area contributed by atoms with Crippen molar-refractivity contribution in [3.05, 3.63) is 201 Å². The van der Waals surface area contributed by atoms with Gasteiger partial charge in [0.1, 0.15) is 0 Å². The van der Waals surface area contributed by atoms with Crippen LogP contribution in [0.1, 0.15) is 22.3 Å². The molecule has 0 aliphatic carbocycles. The molecule has 0 radical (unpaired) electrons. The van der Waals surface area contributed by atoms with Crippen LogP contribution < -0.4 is 10.4 Å². The van der Waals surface area contributed by atoms with Crippen molar-refractivity contribution in [1.82, 2.24) is 0 Å². The van der Waals surface area contributed by atoms with E-state index >= 15 is 0 Å². The summed E-state index contributed by atoms with van der Waals surface area (Å²) < 4.78 is 2.15. The highest BCUT2D eigenvalue weighted by Crippen LogP contribution is 2.55. The van der Waals surface area contributed by atoms with Gasteiger partial charge in [0.15, 0.2) is 8.07 Å². The largest absolute Gasteiger partial charge is 0.182 e. The lowest BCUT2D eigenvalue weighted by molar-refractivity contribution is 1.57. The number of hydrogen-bond acceptors (Lipinski definition) is 0. The van der Waals surface area contributed by atoms with E-state index in [1.807, 2.05) is 0 Å². The minimum Gasteiger partial charge on any atom is -0.0623 e. The van der Waals surface area contributed by atoms with Crippen LogP contribution in [-0.2, 0) is 0 Å². The Morgan fingerprint density at radius 1 is 0.302 bits per heavy atom. The second-order valence-corrected chi connectivity index (χ2v) is 16.2. The SMILES string of the molecule is Brc1ccc(C2=C(c3ccccc3)C(c3ccccc3)=C(c3ccc(Br)cc3)[Si]2(c2ccccc2)c2ccccc2)cc1. The molecule has 1 heterocycles. The molecule has 0 N–H and O–H groups in total. The lowest BCUT2D eigenvalue weighted by Crippen LogP contribution is -2.59. The zero-order valence-electron chi connectivity index (χ0n) is 23.4. The van der Waals surface area contributed by atoms with E-state index in [1.54, 1.807) is 0 Å². The van der Waals surface area contributed by atoms with E-state index in [1.165, 1.54) is 54.2 Å². The van der Waals surface area contributed by atoms with Crippen LogP contribution in [-0.4, -0.2) is 8.07 Å². The standard InChI is InChI=1S/C40H28Br2Si/c41-33-25-21-31(22-26-33)39-37(29-13-5-1-6-14-29)38(30-15-7-2-8-16-30)40(32-23-27-34(42)28-24-32)43(39,35-17-9-3-10-18-35)36-19-11-4-12-20-36/h1-28H. The van der Waals surface area contributed by atoms with Crippen molar-refractivity contribution in [1.29, 1.82) is 0 Å². The summed E-state index contributed by atoms with van der Waals surface area (Å²) in [7, 11) is -2.92. The van der Waals surface area contributed by atoms with Crippen LogP contribution in [0, 0.1) is 0 Å². The molecule has 7 rings (SSSR count). The Hall–Kier alpha value is -4.02. The van der Waals surface area contributed by atoms with Crippen LogP contribution in [0.5, 0.6) is 0 Å². The molecule has 6 aromatic carbocycles. The lowest BCUT2D eigenvalue weighted by Gasteiger charge is -2.36. The van der Waals surface area contributed by atoms with Crippen molar-refractivity contribution >= 4 is 71.8 Å². The van der Waals surface area contributed by atoms with Crippen LogP contribution in [0.25, 0.3) is 21.5 Å². The fourth-order valence-corrected chi connectivity index (χ4v) is 12.8. The van der Waals surface area contributed by atoms with Crippen LogP contribution in [0.2, 0.25) is 0 Å². The van der Waals surface area contributed by atoms with Gasteiger partial charge in [-0.05, 0) is 78.4 Å². The van der Waals surface area contributed by atoms with Crippen molar-refractivity contribution in [2.24, 2.45) is 0 Å². The zero-order chi connectivity index (χ0) is 29.2. The van der Waals surface area contributed by atoms with Crippen LogP contribution in [0.15, 0.2) is 179 Å². The number of halogens is 2. The normalized spacial score (nSPS) is 14.3. The van der Waals surface area contributed by atoms with Crippen molar-refractivity contribution in [2.45, 2.75) is 0 Å². The Kier molecular flexibility index (Phi) is 7.71. The van der Waals surface area contributed by atoms with E-state index in [2.05, 4.69) is 202 Å². The molecular formula is C40H28Br2Si. The summed E-state index contributed by atoms with van der Waals surface area (Å²) in [6.07, 6.45) is 0. The number of rotatable bonds is 6. The third-order valence-corrected chi connectivity index (χ3v) is 14.3. The maximum Gasteiger partial charge on any atom is 0.182 e. The second-order valence-electron chi connectivity index (χ2n) is 10.7. The van der Waals surface area contributed by atoms with E-state index in [-0.39, 0.29) is 0 Å². The topological polar surface area (TPSA) is 0 Å². The minimum atomic E-state index is -2.92. The molecule has 0 bridgehead atoms. The minimum absolute atomic E-state index is 1.08. The molecule has 206 valence electrons. The van der Waals surface area contributed by atoms with Crippen LogP contribution >= 0.6 is 31.9 Å². The van der Waals surface area contributed by atoms with E-state index in [9.17, 15) is 0 Å². The van der Waals surface area contributed by atoms with E-state index in [4.69, 9.17) is 0 Å². The van der Waals surface area contributed by atoms with Gasteiger partial charge in [0.25, 0.3) is 0 Å². The van der Waals surface area contributed by atoms with E-state index in [0.29, 0.717) is 0 Å². The molecule has 6 aromatic rings. The monoisotopic (exact) mass is 694 g/mol. The van der Waals surface area contributed by atoms with Gasteiger partial charge in [0.2, 0.25) is 0 Å². The van der Waals surface area contributed by atoms with Crippen molar-refractivity contribution < 1.29 is 0 Å². The number of hydrogen-bond donors (Lipinski definition) is 0. The molecule has 0 saturated heterocycles. The zero-order valence-corrected chi connectivity index (χ0v) is 27.6. The maximum absolute atomic E-state index is 3.72. The molecule has 43 heavy (non-hydrogen) atoms. The number of benzene rings is 6. The van der Waals surface area contributed by atoms with E-state index in [0.717, 1.165) is 8.95 Å². The Morgan fingerprint density at radius 3 is 0.930 bits per heavy atom. The lowest BCUT2D eigenvalue weighted by atomic mass is 9.89. The van der Waals surface area contributed by atoms with Gasteiger partial charge in [-0.1, -0.05) is 177 Å². The second kappa shape index (κ2) is 11.9. The molecule has 1 aliphatic heterocycles. The van der Waals surface area contributed by atoms with Gasteiger partial charge in [0.05, 0.1) is 0 Å². The van der Waals surface area contributed by atoms with E-state index < -0.39 is 8.07 Å². The Morgan fingerprint density at radius 2 is 0.605 bits per heavy atom. The molecule has 0 nitrogen and oxygen atoms in total. The maximum atomic E-state index is 3.72. The summed E-state index contributed by atoms with van der Waals surface area (Å²) in [6, 6.07) is 62.4. The average Bonchev–Trinajstić information content (AvgIpc) is 3.40. The summed E-state index contributed by atoms with van der Waals surface area (Å²) in [5, 5.41) is 5.58. The Balaban J connectivity index is 1.77. The summed E-state index contributed by atoms with van der Waals surface area (Å²) in [6.45, 7) is 0. The van der Waals surface area contributed by atoms with Crippen LogP contribution in [0.3, 0.4) is 0 Å². The predicted octanol–water partition coefficient (Wildman–Crippen LogP) is 10.1. The van der Waals surface area contributed by atoms with Gasteiger partial charge in [-0.25, -0.2) is 0 Å². The first-order chi connectivity index (χ1) is 21.2. The molecule has 1 aliphatic rings. The summed E-state index contributed by atoms with van der Waals surface area (Å²) in [5.74, 6) is 0. The highest BCUT2D eigenvalue weighted by molar-refractivity contribution is 9.10. The molecule has 0 saturated carbocycles. The van der Waals surface area contributed by atoms with Gasteiger partial charge in [-0.15, -0.1) is 0 Å². The number of allylic oxidation sites excluding steroid dienone is 2. The molecular weight excluding hydrogens is 668 g/mol. The fraction of sp³-hybridized carbons (Fsp3) is 0. The van der Waals surface area contributed by atoms with Gasteiger partial charge in [-0.3, -0.25) is 0 Å². The molecule has 0 amide bonds. The Labute approximate surface area is 271 Å². The molecule has 0 unspecified atom stereocenters. The first-order valence-electron chi connectivity index (χ1n) is 14.4. The third-order valence-electron chi connectivity index (χ3n) is 8.30. The molecule has 0 fully saturated rings. The molecule has 3 heteroatoms. The summed E-state index contributed by atoms with van der Waals surface area (Å²) >= 11 is 7.43. The predicted molar refractivity (Wildman–Crippen MR) is 193 cm³/mol. The van der Waals surface area contributed by atoms with Crippen LogP contribution in [0.4, 0.5) is 0 Å². The van der Waals surface area contributed by atoms with Crippen molar-refractivity contribution in [2.75, 3.05) is 0 Å². The first kappa shape index (κ1) is 27.8. The van der Waals surface area contributed by atoms with Crippen molar-refractivity contribution in [3.63, 3.8) is 0 Å². The highest BCUT2D eigenvalue weighted by Gasteiger charge is 2.53. The molecule has 0 aromatic heterocycles. The van der Waals surface area contributed by atoms with Gasteiger partial charge in [0, 0.05) is 8.95 Å². The summed E-state index contributed by atoms with van der Waals surface area (Å²) in [5.41, 5.74) is 7.59. The molecule has 0 spiro atoms. The highest BCUT2D eigenvalue weighted by atomic mass is 79.9. The average molecular weight is 697 g/mol. The van der Waals surface area contributed by atoms with Crippen molar-refractivity contribution in [3.8, 4) is 0 Å². The Bertz CT molecular complexity index is 1780. The molecule has 0 atom stereocenters. The van der Waals surface area contributed by atoms with Gasteiger partial charge in [-0.2, -0.15) is 0 Å². The quantitative estimate of drug-likeness (QED) is 0.152. The third kappa shape index (κ3) is 4.92. The summed E-state index contributed by atoms with van der Waals surface area (Å²) in [4.78, 5) is 0. The first-order valence-corrected chi connectivity index (χ1v) is 18.0. The smallest absolute Gasteiger partial charge is 0.0623 e. The fourth-order valence-electron chi connectivity index (χ4n) is 6.61.